The summed E-state index contributed by atoms with van der Waals surface area (Å²) in [5, 5.41) is 0. The van der Waals surface area contributed by atoms with E-state index < -0.39 is 21.7 Å². The minimum absolute atomic E-state index is 0.0320. The zero-order valence-electron chi connectivity index (χ0n) is 14.0. The quantitative estimate of drug-likeness (QED) is 0.868. The molecule has 0 spiro atoms. The zero-order chi connectivity index (χ0) is 18.0. The van der Waals surface area contributed by atoms with Crippen molar-refractivity contribution in [3.63, 3.8) is 0 Å². The van der Waals surface area contributed by atoms with Gasteiger partial charge in [0.2, 0.25) is 10.0 Å². The number of rotatable bonds is 4. The lowest BCUT2D eigenvalue weighted by Crippen LogP contribution is -2.37. The molecule has 0 amide bonds. The Kier molecular flexibility index (Phi) is 5.20. The summed E-state index contributed by atoms with van der Waals surface area (Å²) in [5.41, 5.74) is 0.738. The van der Waals surface area contributed by atoms with E-state index in [0.29, 0.717) is 11.5 Å². The predicted molar refractivity (Wildman–Crippen MR) is 93.5 cm³/mol. The van der Waals surface area contributed by atoms with Crippen LogP contribution in [-0.4, -0.2) is 14.5 Å². The molecule has 2 aromatic rings. The van der Waals surface area contributed by atoms with Gasteiger partial charge in [0.15, 0.2) is 0 Å². The lowest BCUT2D eigenvalue weighted by molar-refractivity contribution is 0.332. The Balaban J connectivity index is 1.77. The van der Waals surface area contributed by atoms with Crippen LogP contribution in [0, 0.1) is 17.6 Å². The topological polar surface area (TPSA) is 46.2 Å². The van der Waals surface area contributed by atoms with Gasteiger partial charge in [0.05, 0.1) is 4.90 Å². The standard InChI is InChI=1S/C19H21F2NO2S/c1-13-2-7-16(8-3-13)22-25(23,24)17-9-4-14(5-10-17)18-11-6-15(20)12-19(18)21/h4-6,9-13,16,22H,2-3,7-8H2,1H3. The molecule has 6 heteroatoms. The number of halogens is 2. The average molecular weight is 365 g/mol. The van der Waals surface area contributed by atoms with Gasteiger partial charge in [0.25, 0.3) is 0 Å². The molecule has 3 rings (SSSR count). The average Bonchev–Trinajstić information content (AvgIpc) is 2.57. The van der Waals surface area contributed by atoms with Crippen molar-refractivity contribution in [3.05, 3.63) is 54.1 Å². The number of nitrogens with one attached hydrogen (secondary N) is 1. The van der Waals surface area contributed by atoms with Crippen LogP contribution in [0.1, 0.15) is 32.6 Å². The largest absolute Gasteiger partial charge is 0.240 e. The van der Waals surface area contributed by atoms with E-state index in [1.54, 1.807) is 0 Å². The van der Waals surface area contributed by atoms with Crippen LogP contribution in [0.5, 0.6) is 0 Å². The van der Waals surface area contributed by atoms with Crippen LogP contribution < -0.4 is 4.72 Å². The molecule has 134 valence electrons. The molecule has 0 heterocycles. The fourth-order valence-corrected chi connectivity index (χ4v) is 4.51. The molecule has 0 atom stereocenters. The van der Waals surface area contributed by atoms with E-state index in [-0.39, 0.29) is 16.5 Å². The maximum Gasteiger partial charge on any atom is 0.240 e. The van der Waals surface area contributed by atoms with Crippen molar-refractivity contribution < 1.29 is 17.2 Å². The third-order valence-corrected chi connectivity index (χ3v) is 6.28. The van der Waals surface area contributed by atoms with Gasteiger partial charge >= 0.3 is 0 Å². The SMILES string of the molecule is CC1CCC(NS(=O)(=O)c2ccc(-c3ccc(F)cc3F)cc2)CC1. The summed E-state index contributed by atoms with van der Waals surface area (Å²) in [7, 11) is -3.60. The molecule has 1 aliphatic carbocycles. The minimum atomic E-state index is -3.60. The Bertz CT molecular complexity index is 842. The first kappa shape index (κ1) is 18.0. The van der Waals surface area contributed by atoms with E-state index in [0.717, 1.165) is 31.7 Å². The van der Waals surface area contributed by atoms with Gasteiger partial charge in [-0.2, -0.15) is 0 Å². The third kappa shape index (κ3) is 4.25. The smallest absolute Gasteiger partial charge is 0.208 e. The van der Waals surface area contributed by atoms with Gasteiger partial charge in [-0.25, -0.2) is 21.9 Å². The first-order valence-electron chi connectivity index (χ1n) is 8.43. The highest BCUT2D eigenvalue weighted by molar-refractivity contribution is 7.89. The molecule has 1 N–H and O–H groups in total. The van der Waals surface area contributed by atoms with Gasteiger partial charge in [0, 0.05) is 17.7 Å². The van der Waals surface area contributed by atoms with Crippen LogP contribution in [0.3, 0.4) is 0 Å². The molecule has 0 saturated heterocycles. The van der Waals surface area contributed by atoms with Crippen molar-refractivity contribution in [3.8, 4) is 11.1 Å². The van der Waals surface area contributed by atoms with Gasteiger partial charge in [0.1, 0.15) is 11.6 Å². The van der Waals surface area contributed by atoms with E-state index >= 15 is 0 Å². The minimum Gasteiger partial charge on any atom is -0.208 e. The summed E-state index contributed by atoms with van der Waals surface area (Å²) in [4.78, 5) is 0.150. The Morgan fingerprint density at radius 1 is 0.960 bits per heavy atom. The highest BCUT2D eigenvalue weighted by Gasteiger charge is 2.24. The number of hydrogen-bond acceptors (Lipinski definition) is 2. The maximum absolute atomic E-state index is 13.8. The van der Waals surface area contributed by atoms with Crippen LogP contribution in [0.4, 0.5) is 8.78 Å². The Hall–Kier alpha value is -1.79. The number of hydrogen-bond donors (Lipinski definition) is 1. The molecular weight excluding hydrogens is 344 g/mol. The van der Waals surface area contributed by atoms with Gasteiger partial charge in [-0.3, -0.25) is 0 Å². The fraction of sp³-hybridized carbons (Fsp3) is 0.368. The Morgan fingerprint density at radius 3 is 2.20 bits per heavy atom. The van der Waals surface area contributed by atoms with Crippen molar-refractivity contribution >= 4 is 10.0 Å². The molecule has 3 nitrogen and oxygen atoms in total. The van der Waals surface area contributed by atoms with Gasteiger partial charge in [-0.15, -0.1) is 0 Å². The molecule has 1 aliphatic rings. The Labute approximate surface area is 147 Å². The molecule has 0 unspecified atom stereocenters. The first-order chi connectivity index (χ1) is 11.8. The summed E-state index contributed by atoms with van der Waals surface area (Å²) in [6, 6.07) is 9.27. The van der Waals surface area contributed by atoms with Crippen LogP contribution in [-0.2, 0) is 10.0 Å². The highest BCUT2D eigenvalue weighted by Crippen LogP contribution is 2.27. The molecule has 0 radical (unpaired) electrons. The molecular formula is C19H21F2NO2S. The number of sulfonamides is 1. The van der Waals surface area contributed by atoms with Crippen LogP contribution >= 0.6 is 0 Å². The number of benzene rings is 2. The maximum atomic E-state index is 13.8. The van der Waals surface area contributed by atoms with E-state index in [2.05, 4.69) is 11.6 Å². The van der Waals surface area contributed by atoms with Gasteiger partial charge < -0.3 is 0 Å². The van der Waals surface area contributed by atoms with Crippen molar-refractivity contribution in [2.24, 2.45) is 5.92 Å². The molecule has 1 fully saturated rings. The second-order valence-corrected chi connectivity index (χ2v) is 8.44. The monoisotopic (exact) mass is 365 g/mol. The summed E-state index contributed by atoms with van der Waals surface area (Å²) in [6.45, 7) is 2.18. The third-order valence-electron chi connectivity index (χ3n) is 4.74. The summed E-state index contributed by atoms with van der Waals surface area (Å²) in [5.74, 6) is -0.679. The van der Waals surface area contributed by atoms with Gasteiger partial charge in [-0.1, -0.05) is 19.1 Å². The second kappa shape index (κ2) is 7.22. The van der Waals surface area contributed by atoms with E-state index in [9.17, 15) is 17.2 Å². The van der Waals surface area contributed by atoms with E-state index in [1.165, 1.54) is 36.4 Å². The lowest BCUT2D eigenvalue weighted by Gasteiger charge is -2.26. The fourth-order valence-electron chi connectivity index (χ4n) is 3.20. The van der Waals surface area contributed by atoms with Gasteiger partial charge in [-0.05, 0) is 61.4 Å². The normalized spacial score (nSPS) is 21.2. The van der Waals surface area contributed by atoms with E-state index in [4.69, 9.17) is 0 Å². The Morgan fingerprint density at radius 2 is 1.60 bits per heavy atom. The predicted octanol–water partition coefficient (Wildman–Crippen LogP) is 4.49. The summed E-state index contributed by atoms with van der Waals surface area (Å²) >= 11 is 0. The van der Waals surface area contributed by atoms with Crippen molar-refractivity contribution in [1.29, 1.82) is 0 Å². The second-order valence-electron chi connectivity index (χ2n) is 6.73. The van der Waals surface area contributed by atoms with Crippen LogP contribution in [0.25, 0.3) is 11.1 Å². The molecule has 25 heavy (non-hydrogen) atoms. The van der Waals surface area contributed by atoms with Crippen LogP contribution in [0.15, 0.2) is 47.4 Å². The summed E-state index contributed by atoms with van der Waals surface area (Å²) < 4.78 is 54.6. The van der Waals surface area contributed by atoms with Crippen molar-refractivity contribution in [1.82, 2.24) is 4.72 Å². The van der Waals surface area contributed by atoms with E-state index in [1.807, 2.05) is 0 Å². The highest BCUT2D eigenvalue weighted by atomic mass is 32.2. The lowest BCUT2D eigenvalue weighted by atomic mass is 9.88. The summed E-state index contributed by atoms with van der Waals surface area (Å²) in [6.07, 6.45) is 3.74. The molecule has 2 aromatic carbocycles. The first-order valence-corrected chi connectivity index (χ1v) is 9.91. The van der Waals surface area contributed by atoms with Crippen molar-refractivity contribution in [2.45, 2.75) is 43.5 Å². The molecule has 1 saturated carbocycles. The van der Waals surface area contributed by atoms with Crippen LogP contribution in [0.2, 0.25) is 0 Å². The molecule has 0 aromatic heterocycles. The molecule has 0 bridgehead atoms. The molecule has 0 aliphatic heterocycles. The van der Waals surface area contributed by atoms with Crippen molar-refractivity contribution in [2.75, 3.05) is 0 Å². The zero-order valence-corrected chi connectivity index (χ0v) is 14.8.